The minimum absolute atomic E-state index is 0.0953. The summed E-state index contributed by atoms with van der Waals surface area (Å²) < 4.78 is 1.16. The van der Waals surface area contributed by atoms with Gasteiger partial charge < -0.3 is 5.32 Å². The molecule has 4 heteroatoms. The predicted molar refractivity (Wildman–Crippen MR) is 72.9 cm³/mol. The van der Waals surface area contributed by atoms with Gasteiger partial charge in [-0.2, -0.15) is 0 Å². The second kappa shape index (κ2) is 6.24. The molecule has 0 saturated carbocycles. The first-order valence-corrected chi connectivity index (χ1v) is 7.40. The molecular formula is C11H17BrClNS. The van der Waals surface area contributed by atoms with Crippen LogP contribution in [0.1, 0.15) is 31.6 Å². The predicted octanol–water partition coefficient (Wildman–Crippen LogP) is 4.40. The molecular weight excluding hydrogens is 294 g/mol. The molecule has 1 heterocycles. The van der Waals surface area contributed by atoms with Gasteiger partial charge in [-0.3, -0.25) is 0 Å². The summed E-state index contributed by atoms with van der Waals surface area (Å²) in [5.74, 6) is 0.673. The van der Waals surface area contributed by atoms with Crippen LogP contribution in [0.5, 0.6) is 0 Å². The normalized spacial score (nSPS) is 12.0. The van der Waals surface area contributed by atoms with E-state index >= 15 is 0 Å². The van der Waals surface area contributed by atoms with Crippen LogP contribution in [0.15, 0.2) is 15.9 Å². The molecule has 0 aliphatic heterocycles. The smallest absolute Gasteiger partial charge is 0.0405 e. The zero-order chi connectivity index (χ0) is 11.3. The molecule has 86 valence electrons. The average Bonchev–Trinajstić information content (AvgIpc) is 2.67. The maximum Gasteiger partial charge on any atom is 0.0405 e. The van der Waals surface area contributed by atoms with Crippen LogP contribution in [0.3, 0.4) is 0 Å². The number of halogens is 2. The number of alkyl halides is 1. The van der Waals surface area contributed by atoms with Gasteiger partial charge in [-0.1, -0.05) is 13.8 Å². The third-order valence-electron chi connectivity index (χ3n) is 2.87. The summed E-state index contributed by atoms with van der Waals surface area (Å²) >= 11 is 11.3. The van der Waals surface area contributed by atoms with Crippen molar-refractivity contribution < 1.29 is 0 Å². The Kier molecular flexibility index (Phi) is 5.61. The Morgan fingerprint density at radius 1 is 1.47 bits per heavy atom. The molecule has 0 radical (unpaired) electrons. The van der Waals surface area contributed by atoms with E-state index in [2.05, 4.69) is 46.5 Å². The van der Waals surface area contributed by atoms with E-state index in [0.717, 1.165) is 23.9 Å². The van der Waals surface area contributed by atoms with Crippen molar-refractivity contribution in [1.82, 2.24) is 5.32 Å². The molecule has 1 aromatic heterocycles. The highest BCUT2D eigenvalue weighted by Gasteiger charge is 2.23. The van der Waals surface area contributed by atoms with Crippen molar-refractivity contribution in [3.05, 3.63) is 20.8 Å². The number of hydrogen-bond donors (Lipinski definition) is 1. The molecule has 0 bridgehead atoms. The highest BCUT2D eigenvalue weighted by molar-refractivity contribution is 9.10. The second-order valence-electron chi connectivity index (χ2n) is 3.71. The van der Waals surface area contributed by atoms with Crippen molar-refractivity contribution in [2.75, 3.05) is 5.88 Å². The van der Waals surface area contributed by atoms with Crippen molar-refractivity contribution in [2.24, 2.45) is 0 Å². The standard InChI is InChI=1S/C11H17BrClNS/c1-3-11(4-2,8-13)14-6-10-5-9(12)7-15-10/h5,7,14H,3-4,6,8H2,1-2H3. The minimum Gasteiger partial charge on any atom is -0.305 e. The quantitative estimate of drug-likeness (QED) is 0.768. The van der Waals surface area contributed by atoms with Gasteiger partial charge >= 0.3 is 0 Å². The molecule has 0 fully saturated rings. The zero-order valence-corrected chi connectivity index (χ0v) is 12.3. The lowest BCUT2D eigenvalue weighted by Gasteiger charge is -2.30. The summed E-state index contributed by atoms with van der Waals surface area (Å²) in [7, 11) is 0. The molecule has 1 rings (SSSR count). The summed E-state index contributed by atoms with van der Waals surface area (Å²) in [5.41, 5.74) is 0.0953. The zero-order valence-electron chi connectivity index (χ0n) is 9.15. The molecule has 0 aliphatic carbocycles. The van der Waals surface area contributed by atoms with E-state index in [0.29, 0.717) is 5.88 Å². The lowest BCUT2D eigenvalue weighted by molar-refractivity contribution is 0.335. The fourth-order valence-corrected chi connectivity index (χ4v) is 3.32. The third-order valence-corrected chi connectivity index (χ3v) is 5.08. The Morgan fingerprint density at radius 2 is 2.13 bits per heavy atom. The molecule has 1 nitrogen and oxygen atoms in total. The first-order valence-electron chi connectivity index (χ1n) is 5.19. The SMILES string of the molecule is CCC(CC)(CCl)NCc1cc(Br)cs1. The Morgan fingerprint density at radius 3 is 2.53 bits per heavy atom. The average molecular weight is 311 g/mol. The lowest BCUT2D eigenvalue weighted by Crippen LogP contribution is -2.45. The summed E-state index contributed by atoms with van der Waals surface area (Å²) in [5, 5.41) is 5.68. The molecule has 0 saturated heterocycles. The molecule has 0 spiro atoms. The molecule has 0 atom stereocenters. The van der Waals surface area contributed by atoms with Crippen molar-refractivity contribution >= 4 is 38.9 Å². The van der Waals surface area contributed by atoms with Gasteiger partial charge in [0.1, 0.15) is 0 Å². The van der Waals surface area contributed by atoms with Gasteiger partial charge in [0.2, 0.25) is 0 Å². The van der Waals surface area contributed by atoms with Crippen LogP contribution in [0, 0.1) is 0 Å². The lowest BCUT2D eigenvalue weighted by atomic mass is 9.95. The highest BCUT2D eigenvalue weighted by atomic mass is 79.9. The molecule has 0 aromatic carbocycles. The van der Waals surface area contributed by atoms with E-state index in [1.165, 1.54) is 4.88 Å². The van der Waals surface area contributed by atoms with E-state index < -0.39 is 0 Å². The van der Waals surface area contributed by atoms with Crippen LogP contribution in [0.25, 0.3) is 0 Å². The van der Waals surface area contributed by atoms with Crippen molar-refractivity contribution in [3.8, 4) is 0 Å². The van der Waals surface area contributed by atoms with E-state index in [9.17, 15) is 0 Å². The molecule has 1 aromatic rings. The van der Waals surface area contributed by atoms with Crippen LogP contribution in [0.4, 0.5) is 0 Å². The van der Waals surface area contributed by atoms with Gasteiger partial charge in [-0.15, -0.1) is 22.9 Å². The van der Waals surface area contributed by atoms with E-state index in [1.54, 1.807) is 11.3 Å². The summed E-state index contributed by atoms with van der Waals surface area (Å²) in [6, 6.07) is 2.15. The van der Waals surface area contributed by atoms with Crippen LogP contribution >= 0.6 is 38.9 Å². The highest BCUT2D eigenvalue weighted by Crippen LogP contribution is 2.22. The fourth-order valence-electron chi connectivity index (χ4n) is 1.46. The minimum atomic E-state index is 0.0953. The largest absolute Gasteiger partial charge is 0.305 e. The molecule has 0 unspecified atom stereocenters. The first-order chi connectivity index (χ1) is 7.15. The van der Waals surface area contributed by atoms with Gasteiger partial charge in [0, 0.05) is 32.7 Å². The van der Waals surface area contributed by atoms with Crippen LogP contribution in [-0.4, -0.2) is 11.4 Å². The van der Waals surface area contributed by atoms with E-state index in [1.807, 2.05) is 0 Å². The third kappa shape index (κ3) is 3.74. The van der Waals surface area contributed by atoms with Crippen LogP contribution < -0.4 is 5.32 Å². The second-order valence-corrected chi connectivity index (χ2v) is 5.88. The summed E-state index contributed by atoms with van der Waals surface area (Å²) in [4.78, 5) is 1.35. The van der Waals surface area contributed by atoms with Gasteiger partial charge in [0.15, 0.2) is 0 Å². The fraction of sp³-hybridized carbons (Fsp3) is 0.636. The van der Waals surface area contributed by atoms with Gasteiger partial charge in [-0.05, 0) is 34.8 Å². The topological polar surface area (TPSA) is 12.0 Å². The number of rotatable bonds is 6. The molecule has 1 N–H and O–H groups in total. The summed E-state index contributed by atoms with van der Waals surface area (Å²) in [6.07, 6.45) is 2.14. The monoisotopic (exact) mass is 309 g/mol. The van der Waals surface area contributed by atoms with Crippen molar-refractivity contribution in [1.29, 1.82) is 0 Å². The van der Waals surface area contributed by atoms with E-state index in [4.69, 9.17) is 11.6 Å². The maximum absolute atomic E-state index is 6.03. The summed E-state index contributed by atoms with van der Waals surface area (Å²) in [6.45, 7) is 5.27. The Hall–Kier alpha value is 0.430. The Bertz CT molecular complexity index is 288. The van der Waals surface area contributed by atoms with Crippen molar-refractivity contribution in [3.63, 3.8) is 0 Å². The number of nitrogens with one attached hydrogen (secondary N) is 1. The van der Waals surface area contributed by atoms with Crippen LogP contribution in [0.2, 0.25) is 0 Å². The van der Waals surface area contributed by atoms with Gasteiger partial charge in [-0.25, -0.2) is 0 Å². The van der Waals surface area contributed by atoms with Crippen molar-refractivity contribution in [2.45, 2.75) is 38.8 Å². The molecule has 0 amide bonds. The first kappa shape index (κ1) is 13.5. The Balaban J connectivity index is 2.54. The van der Waals surface area contributed by atoms with Crippen LogP contribution in [-0.2, 0) is 6.54 Å². The number of thiophene rings is 1. The van der Waals surface area contributed by atoms with E-state index in [-0.39, 0.29) is 5.54 Å². The van der Waals surface area contributed by atoms with Gasteiger partial charge in [0.05, 0.1) is 0 Å². The molecule has 15 heavy (non-hydrogen) atoms. The van der Waals surface area contributed by atoms with Gasteiger partial charge in [0.25, 0.3) is 0 Å². The maximum atomic E-state index is 6.03. The molecule has 0 aliphatic rings. The number of hydrogen-bond acceptors (Lipinski definition) is 2. The Labute approximate surface area is 109 Å².